The second-order valence-corrected chi connectivity index (χ2v) is 4.16. The number of esters is 1. The number of carbonyl (C=O) groups excluding carboxylic acids is 1. The van der Waals surface area contributed by atoms with Gasteiger partial charge in [0.25, 0.3) is 0 Å². The highest BCUT2D eigenvalue weighted by atomic mass is 16.5. The summed E-state index contributed by atoms with van der Waals surface area (Å²) in [5, 5.41) is 0. The van der Waals surface area contributed by atoms with Gasteiger partial charge in [0.2, 0.25) is 0 Å². The van der Waals surface area contributed by atoms with Crippen LogP contribution in [0.3, 0.4) is 0 Å². The van der Waals surface area contributed by atoms with Gasteiger partial charge in [-0.3, -0.25) is 4.79 Å². The number of carbonyl (C=O) groups is 1. The summed E-state index contributed by atoms with van der Waals surface area (Å²) in [5.74, 6) is -0.144. The zero-order valence-electron chi connectivity index (χ0n) is 8.82. The van der Waals surface area contributed by atoms with E-state index in [4.69, 9.17) is 10.5 Å². The molecule has 0 heterocycles. The predicted molar refractivity (Wildman–Crippen MR) is 58.4 cm³/mol. The summed E-state index contributed by atoms with van der Waals surface area (Å²) in [5.41, 5.74) is 7.65. The van der Waals surface area contributed by atoms with Crippen LogP contribution in [0.2, 0.25) is 0 Å². The van der Waals surface area contributed by atoms with E-state index in [0.717, 1.165) is 24.1 Å². The number of anilines is 1. The van der Waals surface area contributed by atoms with Crippen LogP contribution >= 0.6 is 0 Å². The lowest BCUT2D eigenvalue weighted by molar-refractivity contribution is -0.141. The van der Waals surface area contributed by atoms with Gasteiger partial charge in [-0.05, 0) is 30.5 Å². The van der Waals surface area contributed by atoms with Crippen LogP contribution in [0.15, 0.2) is 24.3 Å². The van der Waals surface area contributed by atoms with Gasteiger partial charge in [0.15, 0.2) is 0 Å². The average Bonchev–Trinajstić information content (AvgIpc) is 2.99. The molecule has 80 valence electrons. The Hall–Kier alpha value is -1.51. The van der Waals surface area contributed by atoms with E-state index in [1.807, 2.05) is 24.3 Å². The number of hydrogen-bond acceptors (Lipinski definition) is 3. The van der Waals surface area contributed by atoms with Crippen LogP contribution in [0.1, 0.15) is 24.8 Å². The maximum atomic E-state index is 11.3. The van der Waals surface area contributed by atoms with Crippen molar-refractivity contribution in [2.24, 2.45) is 0 Å². The summed E-state index contributed by atoms with van der Waals surface area (Å²) in [6.45, 7) is 0. The number of ether oxygens (including phenoxy) is 1. The molecule has 2 N–H and O–H groups in total. The molecular formula is C12H15NO2. The fourth-order valence-electron chi connectivity index (χ4n) is 1.94. The van der Waals surface area contributed by atoms with Crippen molar-refractivity contribution in [3.05, 3.63) is 29.8 Å². The molecule has 1 aliphatic rings. The van der Waals surface area contributed by atoms with Gasteiger partial charge in [-0.1, -0.05) is 12.1 Å². The molecular weight excluding hydrogens is 190 g/mol. The standard InChI is InChI=1S/C12H15NO2/c1-15-11(14)8-12(5-6-12)9-3-2-4-10(13)7-9/h2-4,7H,5-6,8,13H2,1H3. The number of benzene rings is 1. The topological polar surface area (TPSA) is 52.3 Å². The Morgan fingerprint density at radius 3 is 2.80 bits per heavy atom. The summed E-state index contributed by atoms with van der Waals surface area (Å²) in [7, 11) is 1.43. The van der Waals surface area contributed by atoms with E-state index in [9.17, 15) is 4.79 Å². The van der Waals surface area contributed by atoms with E-state index in [1.165, 1.54) is 7.11 Å². The summed E-state index contributed by atoms with van der Waals surface area (Å²) >= 11 is 0. The molecule has 3 heteroatoms. The second-order valence-electron chi connectivity index (χ2n) is 4.16. The van der Waals surface area contributed by atoms with Crippen LogP contribution < -0.4 is 5.73 Å². The van der Waals surface area contributed by atoms with E-state index in [0.29, 0.717) is 6.42 Å². The van der Waals surface area contributed by atoms with Crippen molar-refractivity contribution in [2.45, 2.75) is 24.7 Å². The predicted octanol–water partition coefficient (Wildman–Crippen LogP) is 1.86. The smallest absolute Gasteiger partial charge is 0.306 e. The van der Waals surface area contributed by atoms with Crippen molar-refractivity contribution < 1.29 is 9.53 Å². The Bertz CT molecular complexity index is 383. The lowest BCUT2D eigenvalue weighted by Gasteiger charge is -2.14. The first-order valence-corrected chi connectivity index (χ1v) is 5.09. The monoisotopic (exact) mass is 205 g/mol. The molecule has 1 aromatic carbocycles. The molecule has 15 heavy (non-hydrogen) atoms. The minimum Gasteiger partial charge on any atom is -0.469 e. The third kappa shape index (κ3) is 1.96. The van der Waals surface area contributed by atoms with E-state index >= 15 is 0 Å². The minimum atomic E-state index is -0.144. The highest BCUT2D eigenvalue weighted by molar-refractivity contribution is 5.72. The molecule has 0 spiro atoms. The maximum absolute atomic E-state index is 11.3. The fraction of sp³-hybridized carbons (Fsp3) is 0.417. The number of nitrogens with two attached hydrogens (primary N) is 1. The lowest BCUT2D eigenvalue weighted by atomic mass is 9.92. The normalized spacial score (nSPS) is 17.1. The highest BCUT2D eigenvalue weighted by Crippen LogP contribution is 2.51. The SMILES string of the molecule is COC(=O)CC1(c2cccc(N)c2)CC1. The van der Waals surface area contributed by atoms with Crippen LogP contribution in [0, 0.1) is 0 Å². The van der Waals surface area contributed by atoms with Crippen molar-refractivity contribution in [2.75, 3.05) is 12.8 Å². The van der Waals surface area contributed by atoms with Gasteiger partial charge in [-0.15, -0.1) is 0 Å². The van der Waals surface area contributed by atoms with Gasteiger partial charge >= 0.3 is 5.97 Å². The molecule has 0 unspecified atom stereocenters. The first-order valence-electron chi connectivity index (χ1n) is 5.09. The van der Waals surface area contributed by atoms with E-state index in [-0.39, 0.29) is 11.4 Å². The van der Waals surface area contributed by atoms with Gasteiger partial charge in [0.05, 0.1) is 13.5 Å². The zero-order chi connectivity index (χ0) is 10.9. The van der Waals surface area contributed by atoms with Gasteiger partial charge in [0, 0.05) is 11.1 Å². The second kappa shape index (κ2) is 3.57. The Labute approximate surface area is 89.2 Å². The molecule has 0 aliphatic heterocycles. The largest absolute Gasteiger partial charge is 0.469 e. The Morgan fingerprint density at radius 1 is 1.53 bits per heavy atom. The quantitative estimate of drug-likeness (QED) is 0.605. The number of nitrogen functional groups attached to an aromatic ring is 1. The van der Waals surface area contributed by atoms with Crippen molar-refractivity contribution in [1.82, 2.24) is 0 Å². The van der Waals surface area contributed by atoms with Crippen molar-refractivity contribution in [3.8, 4) is 0 Å². The van der Waals surface area contributed by atoms with Gasteiger partial charge < -0.3 is 10.5 Å². The molecule has 0 radical (unpaired) electrons. The van der Waals surface area contributed by atoms with E-state index < -0.39 is 0 Å². The van der Waals surface area contributed by atoms with Crippen molar-refractivity contribution in [1.29, 1.82) is 0 Å². The van der Waals surface area contributed by atoms with Crippen LogP contribution in [0.4, 0.5) is 5.69 Å². The summed E-state index contributed by atoms with van der Waals surface area (Å²) in [6, 6.07) is 7.78. The Kier molecular flexibility index (Phi) is 2.39. The molecule has 1 saturated carbocycles. The molecule has 0 bridgehead atoms. The molecule has 3 nitrogen and oxygen atoms in total. The number of methoxy groups -OCH3 is 1. The van der Waals surface area contributed by atoms with Crippen LogP contribution in [-0.4, -0.2) is 13.1 Å². The third-order valence-corrected chi connectivity index (χ3v) is 3.06. The first-order chi connectivity index (χ1) is 7.16. The summed E-state index contributed by atoms with van der Waals surface area (Å²) in [4.78, 5) is 11.3. The van der Waals surface area contributed by atoms with Gasteiger partial charge in [0.1, 0.15) is 0 Å². The third-order valence-electron chi connectivity index (χ3n) is 3.06. The van der Waals surface area contributed by atoms with Crippen LogP contribution in [0.5, 0.6) is 0 Å². The Balaban J connectivity index is 2.19. The van der Waals surface area contributed by atoms with Gasteiger partial charge in [-0.25, -0.2) is 0 Å². The van der Waals surface area contributed by atoms with Crippen molar-refractivity contribution >= 4 is 11.7 Å². The number of hydrogen-bond donors (Lipinski definition) is 1. The zero-order valence-corrected chi connectivity index (χ0v) is 8.82. The van der Waals surface area contributed by atoms with Gasteiger partial charge in [-0.2, -0.15) is 0 Å². The van der Waals surface area contributed by atoms with E-state index in [1.54, 1.807) is 0 Å². The van der Waals surface area contributed by atoms with Crippen molar-refractivity contribution in [3.63, 3.8) is 0 Å². The fourth-order valence-corrected chi connectivity index (χ4v) is 1.94. The molecule has 0 aromatic heterocycles. The minimum absolute atomic E-state index is 0.00245. The highest BCUT2D eigenvalue weighted by Gasteiger charge is 2.46. The first kappa shape index (κ1) is 10.0. The molecule has 1 aromatic rings. The molecule has 0 amide bonds. The molecule has 0 atom stereocenters. The Morgan fingerprint density at radius 2 is 2.27 bits per heavy atom. The van der Waals surface area contributed by atoms with E-state index in [2.05, 4.69) is 0 Å². The molecule has 1 aliphatic carbocycles. The summed E-state index contributed by atoms with van der Waals surface area (Å²) in [6.07, 6.45) is 2.56. The molecule has 2 rings (SSSR count). The molecule has 1 fully saturated rings. The average molecular weight is 205 g/mol. The lowest BCUT2D eigenvalue weighted by Crippen LogP contribution is -2.14. The molecule has 0 saturated heterocycles. The van der Waals surface area contributed by atoms with Crippen LogP contribution in [-0.2, 0) is 14.9 Å². The summed E-state index contributed by atoms with van der Waals surface area (Å²) < 4.78 is 4.71. The van der Waals surface area contributed by atoms with Crippen LogP contribution in [0.25, 0.3) is 0 Å². The maximum Gasteiger partial charge on any atom is 0.306 e. The number of rotatable bonds is 3.